The molecule has 0 aliphatic carbocycles. The fraction of sp³-hybridized carbons (Fsp3) is 0.714. The molecular formula is C14H24N2O3. The van der Waals surface area contributed by atoms with Crippen LogP contribution in [0.15, 0.2) is 12.7 Å². The average Bonchev–Trinajstić information content (AvgIpc) is 2.45. The van der Waals surface area contributed by atoms with E-state index in [0.717, 1.165) is 12.8 Å². The zero-order valence-corrected chi connectivity index (χ0v) is 12.1. The third-order valence-corrected chi connectivity index (χ3v) is 3.75. The molecule has 1 aliphatic rings. The molecule has 0 aromatic carbocycles. The van der Waals surface area contributed by atoms with Crippen molar-refractivity contribution < 1.29 is 14.3 Å². The number of carbonyl (C=O) groups is 2. The van der Waals surface area contributed by atoms with Gasteiger partial charge in [0, 0.05) is 33.2 Å². The van der Waals surface area contributed by atoms with E-state index in [1.54, 1.807) is 16.9 Å². The number of likely N-dealkylation sites (N-methyl/N-ethyl adjacent to an activating group) is 1. The normalized spacial score (nSPS) is 17.9. The van der Waals surface area contributed by atoms with Crippen LogP contribution >= 0.6 is 0 Å². The molecule has 0 spiro atoms. The van der Waals surface area contributed by atoms with Crippen LogP contribution in [0.1, 0.15) is 19.8 Å². The Kier molecular flexibility index (Phi) is 6.02. The predicted molar refractivity (Wildman–Crippen MR) is 73.6 cm³/mol. The van der Waals surface area contributed by atoms with Crippen molar-refractivity contribution in [2.75, 3.05) is 33.9 Å². The Morgan fingerprint density at radius 2 is 2.05 bits per heavy atom. The van der Waals surface area contributed by atoms with Gasteiger partial charge in [-0.3, -0.25) is 9.59 Å². The van der Waals surface area contributed by atoms with Crippen LogP contribution < -0.4 is 0 Å². The van der Waals surface area contributed by atoms with Crippen molar-refractivity contribution in [2.45, 2.75) is 25.8 Å². The first kappa shape index (κ1) is 15.7. The second-order valence-electron chi connectivity index (χ2n) is 5.06. The van der Waals surface area contributed by atoms with Gasteiger partial charge in [-0.1, -0.05) is 6.58 Å². The van der Waals surface area contributed by atoms with E-state index < -0.39 is 0 Å². The molecule has 0 unspecified atom stereocenters. The number of hydrogen-bond donors (Lipinski definition) is 0. The first-order chi connectivity index (χ1) is 9.01. The number of likely N-dealkylation sites (tertiary alicyclic amines) is 1. The third-order valence-electron chi connectivity index (χ3n) is 3.75. The van der Waals surface area contributed by atoms with Gasteiger partial charge in [-0.25, -0.2) is 0 Å². The van der Waals surface area contributed by atoms with Crippen LogP contribution in [-0.4, -0.2) is 61.5 Å². The monoisotopic (exact) mass is 268 g/mol. The lowest BCUT2D eigenvalue weighted by Crippen LogP contribution is -2.46. The molecule has 2 amide bonds. The maximum atomic E-state index is 12.3. The second-order valence-corrected chi connectivity index (χ2v) is 5.06. The highest BCUT2D eigenvalue weighted by molar-refractivity contribution is 5.87. The van der Waals surface area contributed by atoms with E-state index in [2.05, 4.69) is 6.58 Å². The van der Waals surface area contributed by atoms with E-state index in [0.29, 0.717) is 19.7 Å². The second kappa shape index (κ2) is 7.28. The van der Waals surface area contributed by atoms with Gasteiger partial charge in [0.1, 0.15) is 0 Å². The summed E-state index contributed by atoms with van der Waals surface area (Å²) < 4.78 is 5.07. The highest BCUT2D eigenvalue weighted by Crippen LogP contribution is 2.20. The molecule has 0 radical (unpaired) electrons. The van der Waals surface area contributed by atoms with E-state index in [4.69, 9.17) is 4.74 Å². The van der Waals surface area contributed by atoms with Crippen molar-refractivity contribution in [3.63, 3.8) is 0 Å². The Morgan fingerprint density at radius 1 is 1.47 bits per heavy atom. The maximum Gasteiger partial charge on any atom is 0.245 e. The summed E-state index contributed by atoms with van der Waals surface area (Å²) in [5.74, 6) is 0.112. The Hall–Kier alpha value is -1.36. The molecule has 108 valence electrons. The van der Waals surface area contributed by atoms with E-state index in [1.807, 2.05) is 14.0 Å². The summed E-state index contributed by atoms with van der Waals surface area (Å²) in [6.45, 7) is 7.25. The van der Waals surface area contributed by atoms with Crippen molar-refractivity contribution >= 4 is 11.8 Å². The molecule has 1 aliphatic heterocycles. The Morgan fingerprint density at radius 3 is 2.53 bits per heavy atom. The molecule has 1 saturated heterocycles. The van der Waals surface area contributed by atoms with Crippen molar-refractivity contribution in [3.05, 3.63) is 12.7 Å². The summed E-state index contributed by atoms with van der Waals surface area (Å²) in [6.07, 6.45) is 2.78. The molecule has 0 saturated carbocycles. The minimum atomic E-state index is -0.0491. The third kappa shape index (κ3) is 4.06. The Balaban J connectivity index is 2.48. The number of hydrogen-bond acceptors (Lipinski definition) is 3. The summed E-state index contributed by atoms with van der Waals surface area (Å²) in [6, 6.07) is 0.0744. The molecule has 0 N–H and O–H groups in total. The summed E-state index contributed by atoms with van der Waals surface area (Å²) in [7, 11) is 3.45. The van der Waals surface area contributed by atoms with Crippen molar-refractivity contribution in [1.29, 1.82) is 0 Å². The summed E-state index contributed by atoms with van der Waals surface area (Å²) in [4.78, 5) is 27.3. The number of amides is 2. The van der Waals surface area contributed by atoms with Gasteiger partial charge in [-0.15, -0.1) is 0 Å². The maximum absolute atomic E-state index is 12.3. The van der Waals surface area contributed by atoms with E-state index in [-0.39, 0.29) is 23.8 Å². The first-order valence-electron chi connectivity index (χ1n) is 6.68. The summed E-state index contributed by atoms with van der Waals surface area (Å²) in [5.41, 5.74) is 0. The lowest BCUT2D eigenvalue weighted by atomic mass is 9.95. The van der Waals surface area contributed by atoms with Crippen LogP contribution in [0.2, 0.25) is 0 Å². The molecule has 0 aromatic rings. The van der Waals surface area contributed by atoms with Crippen LogP contribution in [0.25, 0.3) is 0 Å². The van der Waals surface area contributed by atoms with Crippen molar-refractivity contribution in [2.24, 2.45) is 5.92 Å². The van der Waals surface area contributed by atoms with Gasteiger partial charge in [0.05, 0.1) is 12.6 Å². The molecule has 1 rings (SSSR count). The SMILES string of the molecule is C=CC(=O)N1CCC(C(=O)N(C)[C@H](C)COC)CC1. The molecule has 19 heavy (non-hydrogen) atoms. The average molecular weight is 268 g/mol. The zero-order valence-electron chi connectivity index (χ0n) is 12.1. The number of piperidine rings is 1. The minimum absolute atomic E-state index is 0.0122. The fourth-order valence-corrected chi connectivity index (χ4v) is 2.33. The van der Waals surface area contributed by atoms with Gasteiger partial charge in [-0.2, -0.15) is 0 Å². The predicted octanol–water partition coefficient (Wildman–Crippen LogP) is 0.904. The van der Waals surface area contributed by atoms with Gasteiger partial charge < -0.3 is 14.5 Å². The quantitative estimate of drug-likeness (QED) is 0.696. The number of nitrogens with zero attached hydrogens (tertiary/aromatic N) is 2. The molecule has 5 heteroatoms. The molecule has 1 atom stereocenters. The van der Waals surface area contributed by atoms with Crippen LogP contribution in [0.4, 0.5) is 0 Å². The zero-order chi connectivity index (χ0) is 14.4. The van der Waals surface area contributed by atoms with Gasteiger partial charge in [0.25, 0.3) is 0 Å². The van der Waals surface area contributed by atoms with Gasteiger partial charge in [0.2, 0.25) is 11.8 Å². The van der Waals surface area contributed by atoms with Gasteiger partial charge in [-0.05, 0) is 25.8 Å². The number of ether oxygens (including phenoxy) is 1. The fourth-order valence-electron chi connectivity index (χ4n) is 2.33. The number of methoxy groups -OCH3 is 1. The molecular weight excluding hydrogens is 244 g/mol. The highest BCUT2D eigenvalue weighted by atomic mass is 16.5. The summed E-state index contributed by atoms with van der Waals surface area (Å²) >= 11 is 0. The van der Waals surface area contributed by atoms with Gasteiger partial charge in [0.15, 0.2) is 0 Å². The molecule has 0 aromatic heterocycles. The lowest BCUT2D eigenvalue weighted by molar-refractivity contribution is -0.140. The largest absolute Gasteiger partial charge is 0.383 e. The molecule has 5 nitrogen and oxygen atoms in total. The van der Waals surface area contributed by atoms with Crippen LogP contribution in [0.3, 0.4) is 0 Å². The van der Waals surface area contributed by atoms with Crippen LogP contribution in [0.5, 0.6) is 0 Å². The van der Waals surface area contributed by atoms with E-state index >= 15 is 0 Å². The van der Waals surface area contributed by atoms with Crippen molar-refractivity contribution in [1.82, 2.24) is 9.80 Å². The van der Waals surface area contributed by atoms with E-state index in [9.17, 15) is 9.59 Å². The molecule has 1 heterocycles. The standard InChI is InChI=1S/C14H24N2O3/c1-5-13(17)16-8-6-12(7-9-16)14(18)15(3)11(2)10-19-4/h5,11-12H,1,6-10H2,2-4H3/t11-/m1/s1. The lowest BCUT2D eigenvalue weighted by Gasteiger charge is -2.34. The van der Waals surface area contributed by atoms with Crippen LogP contribution in [0, 0.1) is 5.92 Å². The Bertz CT molecular complexity index is 336. The van der Waals surface area contributed by atoms with Crippen LogP contribution in [-0.2, 0) is 14.3 Å². The van der Waals surface area contributed by atoms with E-state index in [1.165, 1.54) is 6.08 Å². The number of carbonyl (C=O) groups excluding carboxylic acids is 2. The topological polar surface area (TPSA) is 49.9 Å². The smallest absolute Gasteiger partial charge is 0.245 e. The highest BCUT2D eigenvalue weighted by Gasteiger charge is 2.29. The number of rotatable bonds is 5. The molecule has 1 fully saturated rings. The molecule has 0 bridgehead atoms. The van der Waals surface area contributed by atoms with Crippen molar-refractivity contribution in [3.8, 4) is 0 Å². The Labute approximate surface area is 115 Å². The minimum Gasteiger partial charge on any atom is -0.383 e. The first-order valence-corrected chi connectivity index (χ1v) is 6.68. The van der Waals surface area contributed by atoms with Gasteiger partial charge >= 0.3 is 0 Å². The summed E-state index contributed by atoms with van der Waals surface area (Å²) in [5, 5.41) is 0.